The average molecular weight is 380 g/mol. The maximum Gasteiger partial charge on any atom is 0.324 e. The predicted octanol–water partition coefficient (Wildman–Crippen LogP) is 2.30. The number of hydrogen-bond acceptors (Lipinski definition) is 5. The number of hydrogen-bond donors (Lipinski definition) is 2. The Kier molecular flexibility index (Phi) is 5.45. The molecular weight excluding hydrogens is 364 g/mol. The summed E-state index contributed by atoms with van der Waals surface area (Å²) in [5, 5.41) is 15.9. The van der Waals surface area contributed by atoms with Crippen molar-refractivity contribution in [3.63, 3.8) is 0 Å². The van der Waals surface area contributed by atoms with Gasteiger partial charge in [0, 0.05) is 23.9 Å². The molecule has 1 aliphatic rings. The van der Waals surface area contributed by atoms with E-state index in [-0.39, 0.29) is 24.7 Å². The number of nitro groups is 1. The van der Waals surface area contributed by atoms with Gasteiger partial charge in [0.05, 0.1) is 18.0 Å². The number of rotatable bonds is 6. The molecule has 1 saturated heterocycles. The molecule has 2 aromatic carbocycles. The molecule has 0 aromatic heterocycles. The zero-order chi connectivity index (χ0) is 20.1. The molecule has 0 aliphatic carbocycles. The molecule has 3 rings (SSSR count). The molecule has 0 bridgehead atoms. The lowest BCUT2D eigenvalue weighted by Gasteiger charge is -2.12. The number of nitro benzene ring substituents is 1. The molecule has 2 N–H and O–H groups in total. The quantitative estimate of drug-likeness (QED) is 0.345. The fraction of sp³-hybridized carbons (Fsp3) is 0.105. The summed E-state index contributed by atoms with van der Waals surface area (Å²) in [6.45, 7) is 0.162. The van der Waals surface area contributed by atoms with Crippen molar-refractivity contribution in [1.29, 1.82) is 0 Å². The largest absolute Gasteiger partial charge is 0.329 e. The van der Waals surface area contributed by atoms with Crippen molar-refractivity contribution in [3.8, 4) is 0 Å². The van der Waals surface area contributed by atoms with E-state index in [4.69, 9.17) is 0 Å². The molecule has 0 saturated carbocycles. The Bertz CT molecular complexity index is 953. The topological polar surface area (TPSA) is 122 Å². The maximum absolute atomic E-state index is 12.0. The van der Waals surface area contributed by atoms with Crippen molar-refractivity contribution in [3.05, 3.63) is 75.8 Å². The molecule has 4 amide bonds. The standard InChI is InChI=1S/C19H16N4O5/c24-17(9-6-13-2-1-3-16(10-13)23(27)28)21-15-7-4-14(5-8-15)12-22-18(25)11-20-19(22)26/h1-10H,11-12H2,(H,20,26)(H,21,24)/b9-6+. The van der Waals surface area contributed by atoms with E-state index in [0.29, 0.717) is 11.3 Å². The van der Waals surface area contributed by atoms with Crippen LogP contribution in [0.3, 0.4) is 0 Å². The highest BCUT2D eigenvalue weighted by Gasteiger charge is 2.28. The summed E-state index contributed by atoms with van der Waals surface area (Å²) in [7, 11) is 0. The Morgan fingerprint density at radius 3 is 2.61 bits per heavy atom. The Labute approximate surface area is 159 Å². The first-order valence-corrected chi connectivity index (χ1v) is 8.33. The number of imide groups is 1. The van der Waals surface area contributed by atoms with Crippen LogP contribution in [0.2, 0.25) is 0 Å². The molecule has 9 nitrogen and oxygen atoms in total. The summed E-state index contributed by atoms with van der Waals surface area (Å²) in [4.78, 5) is 46.5. The third-order valence-corrected chi connectivity index (χ3v) is 4.01. The number of benzene rings is 2. The van der Waals surface area contributed by atoms with E-state index in [1.54, 1.807) is 36.4 Å². The van der Waals surface area contributed by atoms with Gasteiger partial charge in [0.2, 0.25) is 11.8 Å². The van der Waals surface area contributed by atoms with Crippen molar-refractivity contribution in [2.24, 2.45) is 0 Å². The van der Waals surface area contributed by atoms with E-state index in [0.717, 1.165) is 10.5 Å². The smallest absolute Gasteiger partial charge is 0.324 e. The SMILES string of the molecule is O=C(/C=C/c1cccc([N+](=O)[O-])c1)Nc1ccc(CN2C(=O)CNC2=O)cc1. The molecule has 28 heavy (non-hydrogen) atoms. The number of amides is 4. The van der Waals surface area contributed by atoms with Crippen LogP contribution in [0.15, 0.2) is 54.6 Å². The van der Waals surface area contributed by atoms with Gasteiger partial charge in [-0.05, 0) is 29.3 Å². The van der Waals surface area contributed by atoms with E-state index in [1.165, 1.54) is 24.3 Å². The molecule has 142 valence electrons. The van der Waals surface area contributed by atoms with E-state index in [9.17, 15) is 24.5 Å². The summed E-state index contributed by atoms with van der Waals surface area (Å²) in [5.74, 6) is -0.679. The van der Waals surface area contributed by atoms with Crippen LogP contribution >= 0.6 is 0 Å². The molecule has 1 fully saturated rings. The second-order valence-electron chi connectivity index (χ2n) is 6.01. The number of carbonyl (C=O) groups is 3. The first-order chi connectivity index (χ1) is 13.4. The van der Waals surface area contributed by atoms with Gasteiger partial charge in [0.25, 0.3) is 5.69 Å². The van der Waals surface area contributed by atoms with Gasteiger partial charge in [0.1, 0.15) is 0 Å². The third-order valence-electron chi connectivity index (χ3n) is 4.01. The second kappa shape index (κ2) is 8.12. The zero-order valence-electron chi connectivity index (χ0n) is 14.6. The summed E-state index contributed by atoms with van der Waals surface area (Å²) < 4.78 is 0. The fourth-order valence-electron chi connectivity index (χ4n) is 2.59. The van der Waals surface area contributed by atoms with Crippen LogP contribution in [0.25, 0.3) is 6.08 Å². The Morgan fingerprint density at radius 2 is 1.96 bits per heavy atom. The van der Waals surface area contributed by atoms with Gasteiger partial charge in [0.15, 0.2) is 0 Å². The molecule has 0 spiro atoms. The minimum atomic E-state index is -0.502. The maximum atomic E-state index is 12.0. The highest BCUT2D eigenvalue weighted by atomic mass is 16.6. The molecular formula is C19H16N4O5. The molecule has 9 heteroatoms. The van der Waals surface area contributed by atoms with Crippen LogP contribution in [0.5, 0.6) is 0 Å². The first kappa shape index (κ1) is 18.8. The number of nitrogens with zero attached hydrogens (tertiary/aromatic N) is 2. The summed E-state index contributed by atoms with van der Waals surface area (Å²) in [6, 6.07) is 12.2. The highest BCUT2D eigenvalue weighted by Crippen LogP contribution is 2.15. The van der Waals surface area contributed by atoms with Gasteiger partial charge in [-0.3, -0.25) is 24.6 Å². The average Bonchev–Trinajstić information content (AvgIpc) is 3.00. The highest BCUT2D eigenvalue weighted by molar-refractivity contribution is 6.02. The van der Waals surface area contributed by atoms with E-state index >= 15 is 0 Å². The van der Waals surface area contributed by atoms with Gasteiger partial charge in [-0.1, -0.05) is 24.3 Å². The number of anilines is 1. The van der Waals surface area contributed by atoms with Crippen LogP contribution < -0.4 is 10.6 Å². The van der Waals surface area contributed by atoms with Gasteiger partial charge < -0.3 is 10.6 Å². The Hall–Kier alpha value is -4.01. The summed E-state index contributed by atoms with van der Waals surface area (Å²) >= 11 is 0. The molecule has 2 aromatic rings. The molecule has 0 unspecified atom stereocenters. The number of nitrogens with one attached hydrogen (secondary N) is 2. The molecule has 0 atom stereocenters. The van der Waals surface area contributed by atoms with Crippen LogP contribution in [0.1, 0.15) is 11.1 Å². The van der Waals surface area contributed by atoms with E-state index in [1.807, 2.05) is 0 Å². The van der Waals surface area contributed by atoms with Gasteiger partial charge >= 0.3 is 6.03 Å². The van der Waals surface area contributed by atoms with Crippen LogP contribution in [-0.2, 0) is 16.1 Å². The van der Waals surface area contributed by atoms with Crippen LogP contribution in [0.4, 0.5) is 16.2 Å². The predicted molar refractivity (Wildman–Crippen MR) is 101 cm³/mol. The van der Waals surface area contributed by atoms with Crippen molar-refractivity contribution in [2.45, 2.75) is 6.54 Å². The molecule has 1 aliphatic heterocycles. The molecule has 1 heterocycles. The van der Waals surface area contributed by atoms with Crippen LogP contribution in [0, 0.1) is 10.1 Å². The van der Waals surface area contributed by atoms with Crippen molar-refractivity contribution >= 4 is 35.3 Å². The monoisotopic (exact) mass is 380 g/mol. The number of urea groups is 1. The summed E-state index contributed by atoms with van der Waals surface area (Å²) in [5.41, 5.74) is 1.77. The number of non-ortho nitro benzene ring substituents is 1. The Morgan fingerprint density at radius 1 is 1.21 bits per heavy atom. The van der Waals surface area contributed by atoms with E-state index < -0.39 is 16.9 Å². The van der Waals surface area contributed by atoms with Crippen LogP contribution in [-0.4, -0.2) is 34.2 Å². The lowest BCUT2D eigenvalue weighted by atomic mass is 10.2. The second-order valence-corrected chi connectivity index (χ2v) is 6.01. The van der Waals surface area contributed by atoms with Crippen molar-refractivity contribution in [2.75, 3.05) is 11.9 Å². The van der Waals surface area contributed by atoms with Crippen molar-refractivity contribution < 1.29 is 19.3 Å². The number of carbonyl (C=O) groups excluding carboxylic acids is 3. The minimum absolute atomic E-state index is 0.00385. The van der Waals surface area contributed by atoms with Gasteiger partial charge in [-0.2, -0.15) is 0 Å². The van der Waals surface area contributed by atoms with E-state index in [2.05, 4.69) is 10.6 Å². The zero-order valence-corrected chi connectivity index (χ0v) is 14.6. The van der Waals surface area contributed by atoms with Gasteiger partial charge in [-0.15, -0.1) is 0 Å². The van der Waals surface area contributed by atoms with Crippen molar-refractivity contribution in [1.82, 2.24) is 10.2 Å². The fourth-order valence-corrected chi connectivity index (χ4v) is 2.59. The molecule has 0 radical (unpaired) electrons. The lowest BCUT2D eigenvalue weighted by molar-refractivity contribution is -0.384. The first-order valence-electron chi connectivity index (χ1n) is 8.33. The Balaban J connectivity index is 1.58. The summed E-state index contributed by atoms with van der Waals surface area (Å²) in [6.07, 6.45) is 2.76. The van der Waals surface area contributed by atoms with Gasteiger partial charge in [-0.25, -0.2) is 4.79 Å². The minimum Gasteiger partial charge on any atom is -0.329 e. The normalized spacial score (nSPS) is 13.6. The third kappa shape index (κ3) is 4.58. The lowest BCUT2D eigenvalue weighted by Crippen LogP contribution is -2.30.